The van der Waals surface area contributed by atoms with E-state index in [1.807, 2.05) is 7.05 Å². The Bertz CT molecular complexity index is 614. The minimum Gasteiger partial charge on any atom is -0.463 e. The van der Waals surface area contributed by atoms with Crippen molar-refractivity contribution in [1.82, 2.24) is 10.6 Å². The number of carbonyl (C=O) groups excluding carboxylic acids is 4. The maximum absolute atomic E-state index is 11.8. The average molecular weight is 461 g/mol. The molecule has 1 fully saturated rings. The highest BCUT2D eigenvalue weighted by Crippen LogP contribution is 2.27. The Kier molecular flexibility index (Phi) is 13.5. The van der Waals surface area contributed by atoms with E-state index in [9.17, 15) is 19.2 Å². The second-order valence-corrected chi connectivity index (χ2v) is 7.50. The zero-order valence-electron chi connectivity index (χ0n) is 19.3. The summed E-state index contributed by atoms with van der Waals surface area (Å²) in [6.45, 7) is 5.35. The lowest BCUT2D eigenvalue weighted by Crippen LogP contribution is -2.54. The highest BCUT2D eigenvalue weighted by atomic mass is 16.7. The predicted octanol–water partition coefficient (Wildman–Crippen LogP) is 0.441. The van der Waals surface area contributed by atoms with Crippen LogP contribution in [0.2, 0.25) is 0 Å². The number of esters is 3. The standard InChI is InChI=1S/C21H36N2O9/c1-14(24)29-13-18-21(31-16(3)26)17(30-15(2)25)12-20(32-18)28-11-6-5-8-19(27)23-10-7-9-22-4/h17-18,20-22H,5-13H2,1-4H3,(H,23,27). The molecule has 2 N–H and O–H groups in total. The second-order valence-electron chi connectivity index (χ2n) is 7.50. The molecule has 1 saturated heterocycles. The molecule has 1 amide bonds. The molecule has 0 aromatic carbocycles. The monoisotopic (exact) mass is 460 g/mol. The number of hydrogen-bond acceptors (Lipinski definition) is 10. The lowest BCUT2D eigenvalue weighted by molar-refractivity contribution is -0.266. The lowest BCUT2D eigenvalue weighted by atomic mass is 10.0. The summed E-state index contributed by atoms with van der Waals surface area (Å²) in [6, 6.07) is 0. The third-order valence-electron chi connectivity index (χ3n) is 4.58. The van der Waals surface area contributed by atoms with Gasteiger partial charge in [0.05, 0.1) is 0 Å². The Morgan fingerprint density at radius 2 is 1.66 bits per heavy atom. The quantitative estimate of drug-likeness (QED) is 0.213. The Morgan fingerprint density at radius 1 is 0.938 bits per heavy atom. The van der Waals surface area contributed by atoms with Crippen LogP contribution in [0.4, 0.5) is 0 Å². The number of unbranched alkanes of at least 4 members (excludes halogenated alkanes) is 1. The van der Waals surface area contributed by atoms with Crippen LogP contribution >= 0.6 is 0 Å². The first-order chi connectivity index (χ1) is 15.2. The van der Waals surface area contributed by atoms with Crippen molar-refractivity contribution in [3.05, 3.63) is 0 Å². The van der Waals surface area contributed by atoms with E-state index in [4.69, 9.17) is 23.7 Å². The Balaban J connectivity index is 2.53. The van der Waals surface area contributed by atoms with E-state index in [1.54, 1.807) is 0 Å². The normalized spacial score (nSPS) is 22.6. The van der Waals surface area contributed by atoms with Crippen LogP contribution in [-0.2, 0) is 42.9 Å². The summed E-state index contributed by atoms with van der Waals surface area (Å²) in [5.41, 5.74) is 0. The number of hydrogen-bond donors (Lipinski definition) is 2. The molecule has 11 nitrogen and oxygen atoms in total. The van der Waals surface area contributed by atoms with E-state index >= 15 is 0 Å². The van der Waals surface area contributed by atoms with Crippen LogP contribution in [0.15, 0.2) is 0 Å². The lowest BCUT2D eigenvalue weighted by Gasteiger charge is -2.39. The minimum atomic E-state index is -0.929. The van der Waals surface area contributed by atoms with Gasteiger partial charge < -0.3 is 34.3 Å². The Labute approximate surface area is 188 Å². The maximum atomic E-state index is 11.8. The van der Waals surface area contributed by atoms with Gasteiger partial charge in [0.15, 0.2) is 12.4 Å². The van der Waals surface area contributed by atoms with E-state index in [2.05, 4.69) is 10.6 Å². The molecular weight excluding hydrogens is 424 g/mol. The summed E-state index contributed by atoms with van der Waals surface area (Å²) in [5.74, 6) is -1.64. The van der Waals surface area contributed by atoms with Crippen molar-refractivity contribution in [3.63, 3.8) is 0 Å². The first kappa shape index (κ1) is 27.8. The van der Waals surface area contributed by atoms with E-state index in [0.29, 0.717) is 32.4 Å². The van der Waals surface area contributed by atoms with Crippen molar-refractivity contribution in [2.24, 2.45) is 0 Å². The van der Waals surface area contributed by atoms with Crippen LogP contribution < -0.4 is 10.6 Å². The molecule has 1 aliphatic rings. The number of rotatable bonds is 14. The number of ether oxygens (including phenoxy) is 5. The summed E-state index contributed by atoms with van der Waals surface area (Å²) in [6.07, 6.45) is -0.641. The molecule has 0 aromatic rings. The first-order valence-corrected chi connectivity index (χ1v) is 10.9. The van der Waals surface area contributed by atoms with Crippen molar-refractivity contribution in [1.29, 1.82) is 0 Å². The summed E-state index contributed by atoms with van der Waals surface area (Å²) in [4.78, 5) is 46.0. The van der Waals surface area contributed by atoms with Crippen LogP contribution in [0.3, 0.4) is 0 Å². The molecule has 11 heteroatoms. The van der Waals surface area contributed by atoms with Gasteiger partial charge in [0.1, 0.15) is 18.8 Å². The van der Waals surface area contributed by atoms with Gasteiger partial charge in [-0.05, 0) is 32.9 Å². The zero-order valence-corrected chi connectivity index (χ0v) is 19.3. The zero-order chi connectivity index (χ0) is 23.9. The molecule has 1 heterocycles. The maximum Gasteiger partial charge on any atom is 0.303 e. The highest BCUT2D eigenvalue weighted by Gasteiger charge is 2.44. The fourth-order valence-corrected chi connectivity index (χ4v) is 3.19. The average Bonchev–Trinajstić information content (AvgIpc) is 2.70. The third-order valence-corrected chi connectivity index (χ3v) is 4.58. The molecule has 184 valence electrons. The molecule has 0 radical (unpaired) electrons. The SMILES string of the molecule is CNCCCNC(=O)CCCCOC1CC(OC(C)=O)C(OC(C)=O)C(COC(C)=O)O1. The molecule has 0 aliphatic carbocycles. The van der Waals surface area contributed by atoms with Crippen LogP contribution in [0.1, 0.15) is 52.9 Å². The molecule has 4 unspecified atom stereocenters. The molecule has 0 saturated carbocycles. The van der Waals surface area contributed by atoms with Crippen molar-refractivity contribution >= 4 is 23.8 Å². The largest absolute Gasteiger partial charge is 0.463 e. The van der Waals surface area contributed by atoms with Crippen LogP contribution in [-0.4, -0.2) is 81.8 Å². The second kappa shape index (κ2) is 15.5. The van der Waals surface area contributed by atoms with Crippen molar-refractivity contribution < 1.29 is 42.9 Å². The van der Waals surface area contributed by atoms with Crippen LogP contribution in [0.25, 0.3) is 0 Å². The molecule has 1 rings (SSSR count). The van der Waals surface area contributed by atoms with Gasteiger partial charge in [0.2, 0.25) is 5.91 Å². The van der Waals surface area contributed by atoms with E-state index in [-0.39, 0.29) is 18.9 Å². The van der Waals surface area contributed by atoms with E-state index in [0.717, 1.165) is 13.0 Å². The number of nitrogens with one attached hydrogen (secondary N) is 2. The van der Waals surface area contributed by atoms with Crippen molar-refractivity contribution in [2.75, 3.05) is 33.4 Å². The Morgan fingerprint density at radius 3 is 2.28 bits per heavy atom. The van der Waals surface area contributed by atoms with Gasteiger partial charge in [-0.2, -0.15) is 0 Å². The van der Waals surface area contributed by atoms with Gasteiger partial charge in [0, 0.05) is 46.8 Å². The van der Waals surface area contributed by atoms with Gasteiger partial charge in [-0.3, -0.25) is 19.2 Å². The number of carbonyl (C=O) groups is 4. The van der Waals surface area contributed by atoms with Crippen LogP contribution in [0.5, 0.6) is 0 Å². The van der Waals surface area contributed by atoms with Gasteiger partial charge in [0.25, 0.3) is 0 Å². The smallest absolute Gasteiger partial charge is 0.303 e. The molecule has 0 bridgehead atoms. The summed E-state index contributed by atoms with van der Waals surface area (Å²) in [5, 5.41) is 5.87. The molecule has 0 aromatic heterocycles. The summed E-state index contributed by atoms with van der Waals surface area (Å²) >= 11 is 0. The first-order valence-electron chi connectivity index (χ1n) is 10.9. The van der Waals surface area contributed by atoms with E-state index in [1.165, 1.54) is 20.8 Å². The minimum absolute atomic E-state index is 0.00406. The van der Waals surface area contributed by atoms with Crippen molar-refractivity contribution in [2.45, 2.75) is 77.5 Å². The molecule has 32 heavy (non-hydrogen) atoms. The highest BCUT2D eigenvalue weighted by molar-refractivity contribution is 5.75. The van der Waals surface area contributed by atoms with Gasteiger partial charge in [-0.25, -0.2) is 0 Å². The van der Waals surface area contributed by atoms with Crippen molar-refractivity contribution in [3.8, 4) is 0 Å². The van der Waals surface area contributed by atoms with Gasteiger partial charge in [-0.1, -0.05) is 0 Å². The predicted molar refractivity (Wildman–Crippen MR) is 112 cm³/mol. The molecule has 4 atom stereocenters. The molecular formula is C21H36N2O9. The van der Waals surface area contributed by atoms with E-state index < -0.39 is 42.5 Å². The van der Waals surface area contributed by atoms with Gasteiger partial charge >= 0.3 is 17.9 Å². The topological polar surface area (TPSA) is 138 Å². The number of amides is 1. The van der Waals surface area contributed by atoms with Gasteiger partial charge in [-0.15, -0.1) is 0 Å². The fraction of sp³-hybridized carbons (Fsp3) is 0.810. The molecule has 0 spiro atoms. The third kappa shape index (κ3) is 12.0. The molecule has 1 aliphatic heterocycles. The summed E-state index contributed by atoms with van der Waals surface area (Å²) in [7, 11) is 1.86. The Hall–Kier alpha value is -2.24. The fourth-order valence-electron chi connectivity index (χ4n) is 3.19. The summed E-state index contributed by atoms with van der Waals surface area (Å²) < 4.78 is 27.2. The van der Waals surface area contributed by atoms with Crippen LogP contribution in [0, 0.1) is 0 Å².